The van der Waals surface area contributed by atoms with Crippen molar-refractivity contribution >= 4 is 0 Å². The minimum atomic E-state index is 0.761. The van der Waals surface area contributed by atoms with E-state index in [1.165, 1.54) is 0 Å². The minimum absolute atomic E-state index is 0.761. The van der Waals surface area contributed by atoms with Crippen molar-refractivity contribution in [2.45, 2.75) is 6.42 Å². The van der Waals surface area contributed by atoms with Gasteiger partial charge in [0.2, 0.25) is 0 Å². The summed E-state index contributed by atoms with van der Waals surface area (Å²) in [5, 5.41) is 3.23. The van der Waals surface area contributed by atoms with Crippen LogP contribution in [0.1, 0.15) is 5.82 Å². The lowest BCUT2D eigenvalue weighted by Gasteiger charge is -2.25. The molecule has 0 atom stereocenters. The molecule has 1 aliphatic rings. The van der Waals surface area contributed by atoms with Gasteiger partial charge in [0.05, 0.1) is 0 Å². The van der Waals surface area contributed by atoms with Crippen LogP contribution in [0.15, 0.2) is 18.5 Å². The van der Waals surface area contributed by atoms with E-state index in [1.54, 1.807) is 12.4 Å². The Balaban J connectivity index is 1.95. The Bertz CT molecular complexity index is 218. The van der Waals surface area contributed by atoms with Crippen LogP contribution >= 0.6 is 0 Å². The van der Waals surface area contributed by atoms with E-state index >= 15 is 0 Å². The average Bonchev–Trinajstić information content (AvgIpc) is 1.99. The fourth-order valence-electron chi connectivity index (χ4n) is 1.19. The molecule has 11 heavy (non-hydrogen) atoms. The molecular formula is C8H11N3. The van der Waals surface area contributed by atoms with Crippen molar-refractivity contribution in [3.8, 4) is 0 Å². The van der Waals surface area contributed by atoms with Gasteiger partial charge >= 0.3 is 0 Å². The van der Waals surface area contributed by atoms with Crippen molar-refractivity contribution in [1.82, 2.24) is 15.3 Å². The van der Waals surface area contributed by atoms with E-state index in [0.717, 1.165) is 31.3 Å². The van der Waals surface area contributed by atoms with E-state index in [2.05, 4.69) is 15.3 Å². The van der Waals surface area contributed by atoms with Crippen LogP contribution in [0.4, 0.5) is 0 Å². The molecule has 3 nitrogen and oxygen atoms in total. The van der Waals surface area contributed by atoms with Crippen LogP contribution in [-0.2, 0) is 6.42 Å². The topological polar surface area (TPSA) is 37.8 Å². The van der Waals surface area contributed by atoms with Crippen LogP contribution in [0.5, 0.6) is 0 Å². The molecule has 1 aromatic heterocycles. The lowest BCUT2D eigenvalue weighted by molar-refractivity contribution is 0.341. The first-order valence-electron chi connectivity index (χ1n) is 3.92. The summed E-state index contributed by atoms with van der Waals surface area (Å²) < 4.78 is 0. The van der Waals surface area contributed by atoms with Crippen LogP contribution < -0.4 is 5.32 Å². The van der Waals surface area contributed by atoms with Crippen molar-refractivity contribution < 1.29 is 0 Å². The van der Waals surface area contributed by atoms with Crippen LogP contribution in [0, 0.1) is 5.92 Å². The van der Waals surface area contributed by atoms with Gasteiger partial charge in [-0.05, 0) is 25.1 Å². The number of hydrogen-bond acceptors (Lipinski definition) is 3. The molecule has 2 rings (SSSR count). The Kier molecular flexibility index (Phi) is 1.81. The van der Waals surface area contributed by atoms with Gasteiger partial charge in [-0.3, -0.25) is 0 Å². The summed E-state index contributed by atoms with van der Waals surface area (Å²) >= 11 is 0. The Hall–Kier alpha value is -0.960. The molecule has 0 radical (unpaired) electrons. The Morgan fingerprint density at radius 2 is 2.09 bits per heavy atom. The number of rotatable bonds is 2. The standard InChI is InChI=1S/C8H11N3/c1-2-10-8(11-3-1)4-7-5-9-6-7/h1-3,7,9H,4-6H2. The quantitative estimate of drug-likeness (QED) is 0.654. The fraction of sp³-hybridized carbons (Fsp3) is 0.500. The summed E-state index contributed by atoms with van der Waals surface area (Å²) in [6.07, 6.45) is 4.62. The summed E-state index contributed by atoms with van der Waals surface area (Å²) in [6, 6.07) is 1.85. The van der Waals surface area contributed by atoms with Gasteiger partial charge in [-0.1, -0.05) is 0 Å². The van der Waals surface area contributed by atoms with Crippen LogP contribution in [0.25, 0.3) is 0 Å². The molecule has 0 bridgehead atoms. The van der Waals surface area contributed by atoms with Gasteiger partial charge in [-0.25, -0.2) is 9.97 Å². The maximum absolute atomic E-state index is 4.16. The molecule has 2 heterocycles. The van der Waals surface area contributed by atoms with Crippen molar-refractivity contribution in [3.63, 3.8) is 0 Å². The van der Waals surface area contributed by atoms with Crippen molar-refractivity contribution in [3.05, 3.63) is 24.3 Å². The predicted molar refractivity (Wildman–Crippen MR) is 42.1 cm³/mol. The van der Waals surface area contributed by atoms with Gasteiger partial charge in [0, 0.05) is 18.8 Å². The average molecular weight is 149 g/mol. The summed E-state index contributed by atoms with van der Waals surface area (Å²) in [6.45, 7) is 2.25. The third kappa shape index (κ3) is 1.54. The third-order valence-corrected chi connectivity index (χ3v) is 1.96. The minimum Gasteiger partial charge on any atom is -0.316 e. The van der Waals surface area contributed by atoms with E-state index in [9.17, 15) is 0 Å². The normalized spacial score (nSPS) is 17.8. The highest BCUT2D eigenvalue weighted by molar-refractivity contribution is 4.92. The van der Waals surface area contributed by atoms with E-state index in [0.29, 0.717) is 0 Å². The second-order valence-electron chi connectivity index (χ2n) is 2.89. The highest BCUT2D eigenvalue weighted by Gasteiger charge is 2.17. The summed E-state index contributed by atoms with van der Waals surface area (Å²) in [5.74, 6) is 1.73. The first-order chi connectivity index (χ1) is 5.45. The van der Waals surface area contributed by atoms with Gasteiger partial charge in [-0.15, -0.1) is 0 Å². The molecule has 0 spiro atoms. The number of hydrogen-bond donors (Lipinski definition) is 1. The maximum Gasteiger partial charge on any atom is 0.128 e. The number of nitrogens with zero attached hydrogens (tertiary/aromatic N) is 2. The molecule has 0 amide bonds. The smallest absolute Gasteiger partial charge is 0.128 e. The first-order valence-corrected chi connectivity index (χ1v) is 3.92. The van der Waals surface area contributed by atoms with Gasteiger partial charge < -0.3 is 5.32 Å². The zero-order valence-electron chi connectivity index (χ0n) is 6.33. The molecular weight excluding hydrogens is 138 g/mol. The molecule has 0 unspecified atom stereocenters. The maximum atomic E-state index is 4.16. The molecule has 0 aliphatic carbocycles. The molecule has 1 aromatic rings. The van der Waals surface area contributed by atoms with Gasteiger partial charge in [0.25, 0.3) is 0 Å². The SMILES string of the molecule is c1cnc(CC2CNC2)nc1. The van der Waals surface area contributed by atoms with Crippen LogP contribution in [0.3, 0.4) is 0 Å². The molecule has 3 heteroatoms. The molecule has 1 aliphatic heterocycles. The van der Waals surface area contributed by atoms with E-state index < -0.39 is 0 Å². The second kappa shape index (κ2) is 2.96. The second-order valence-corrected chi connectivity index (χ2v) is 2.89. The van der Waals surface area contributed by atoms with Crippen molar-refractivity contribution in [2.24, 2.45) is 5.92 Å². The molecule has 1 saturated heterocycles. The molecule has 58 valence electrons. The Morgan fingerprint density at radius 1 is 1.36 bits per heavy atom. The van der Waals surface area contributed by atoms with Crippen molar-refractivity contribution in [1.29, 1.82) is 0 Å². The molecule has 0 aromatic carbocycles. The van der Waals surface area contributed by atoms with E-state index in [1.807, 2.05) is 6.07 Å². The zero-order valence-corrected chi connectivity index (χ0v) is 6.33. The summed E-state index contributed by atoms with van der Waals surface area (Å²) in [7, 11) is 0. The highest BCUT2D eigenvalue weighted by atomic mass is 15.0. The fourth-order valence-corrected chi connectivity index (χ4v) is 1.19. The van der Waals surface area contributed by atoms with E-state index in [-0.39, 0.29) is 0 Å². The molecule has 1 fully saturated rings. The van der Waals surface area contributed by atoms with Gasteiger partial charge in [0.1, 0.15) is 5.82 Å². The highest BCUT2D eigenvalue weighted by Crippen LogP contribution is 2.07. The Morgan fingerprint density at radius 3 is 2.64 bits per heavy atom. The predicted octanol–water partition coefficient (Wildman–Crippen LogP) is 0.238. The lowest BCUT2D eigenvalue weighted by atomic mass is 9.99. The number of aromatic nitrogens is 2. The summed E-state index contributed by atoms with van der Waals surface area (Å²) in [5.41, 5.74) is 0. The van der Waals surface area contributed by atoms with Gasteiger partial charge in [0.15, 0.2) is 0 Å². The zero-order chi connectivity index (χ0) is 7.52. The monoisotopic (exact) mass is 149 g/mol. The van der Waals surface area contributed by atoms with Gasteiger partial charge in [-0.2, -0.15) is 0 Å². The first kappa shape index (κ1) is 6.73. The molecule has 0 saturated carbocycles. The third-order valence-electron chi connectivity index (χ3n) is 1.96. The largest absolute Gasteiger partial charge is 0.316 e. The van der Waals surface area contributed by atoms with Crippen LogP contribution in [-0.4, -0.2) is 23.1 Å². The Labute approximate surface area is 65.9 Å². The van der Waals surface area contributed by atoms with Crippen LogP contribution in [0.2, 0.25) is 0 Å². The van der Waals surface area contributed by atoms with E-state index in [4.69, 9.17) is 0 Å². The molecule has 1 N–H and O–H groups in total. The lowest BCUT2D eigenvalue weighted by Crippen LogP contribution is -2.43. The van der Waals surface area contributed by atoms with Crippen molar-refractivity contribution in [2.75, 3.05) is 13.1 Å². The number of nitrogens with one attached hydrogen (secondary N) is 1. The summed E-state index contributed by atoms with van der Waals surface area (Å²) in [4.78, 5) is 8.32.